The number of fused-ring (bicyclic) bond motifs is 1. The number of hydrogen-bond donors (Lipinski definition) is 1. The number of sulfonamides is 1. The highest BCUT2D eigenvalue weighted by Crippen LogP contribution is 2.30. The maximum atomic E-state index is 13.3. The Hall–Kier alpha value is -3.27. The number of rotatable bonds is 8. The van der Waals surface area contributed by atoms with Gasteiger partial charge in [0.2, 0.25) is 11.8 Å². The van der Waals surface area contributed by atoms with Crippen LogP contribution in [0.4, 0.5) is 4.39 Å². The highest BCUT2D eigenvalue weighted by atomic mass is 32.2. The molecule has 8 nitrogen and oxygen atoms in total. The Bertz CT molecular complexity index is 1170. The van der Waals surface area contributed by atoms with Crippen molar-refractivity contribution in [3.05, 3.63) is 65.5 Å². The van der Waals surface area contributed by atoms with Crippen molar-refractivity contribution in [1.82, 2.24) is 14.5 Å². The number of amides is 3. The Morgan fingerprint density at radius 2 is 1.73 bits per heavy atom. The van der Waals surface area contributed by atoms with Crippen LogP contribution in [0.5, 0.6) is 0 Å². The topological polar surface area (TPSA) is 104 Å². The average molecular weight is 476 g/mol. The fourth-order valence-electron chi connectivity index (χ4n) is 3.44. The van der Waals surface area contributed by atoms with Gasteiger partial charge in [-0.05, 0) is 50.1 Å². The Morgan fingerprint density at radius 1 is 1.09 bits per heavy atom. The van der Waals surface area contributed by atoms with E-state index in [4.69, 9.17) is 0 Å². The molecule has 0 saturated heterocycles. The lowest BCUT2D eigenvalue weighted by Crippen LogP contribution is -2.52. The predicted molar refractivity (Wildman–Crippen MR) is 119 cm³/mol. The molecule has 0 aromatic heterocycles. The minimum absolute atomic E-state index is 0.00190. The van der Waals surface area contributed by atoms with Gasteiger partial charge < -0.3 is 10.2 Å². The van der Waals surface area contributed by atoms with Crippen molar-refractivity contribution in [2.75, 3.05) is 6.54 Å². The van der Waals surface area contributed by atoms with Crippen molar-refractivity contribution in [1.29, 1.82) is 0 Å². The second kappa shape index (κ2) is 9.70. The van der Waals surface area contributed by atoms with Crippen LogP contribution in [-0.2, 0) is 26.2 Å². The number of carbonyl (C=O) groups excluding carboxylic acids is 3. The van der Waals surface area contributed by atoms with E-state index in [1.807, 2.05) is 13.8 Å². The van der Waals surface area contributed by atoms with Crippen LogP contribution in [-0.4, -0.2) is 54.0 Å². The third-order valence-electron chi connectivity index (χ3n) is 5.63. The van der Waals surface area contributed by atoms with Crippen molar-refractivity contribution in [3.63, 3.8) is 0 Å². The molecule has 1 aliphatic rings. The lowest BCUT2D eigenvalue weighted by atomic mass is 10.1. The summed E-state index contributed by atoms with van der Waals surface area (Å²) in [7, 11) is -4.19. The first-order chi connectivity index (χ1) is 15.6. The molecular formula is C23H26FN3O5S. The van der Waals surface area contributed by atoms with Crippen LogP contribution in [0.15, 0.2) is 53.4 Å². The van der Waals surface area contributed by atoms with E-state index in [-0.39, 0.29) is 23.0 Å². The molecule has 10 heteroatoms. The molecule has 0 aliphatic carbocycles. The van der Waals surface area contributed by atoms with Crippen LogP contribution in [0.2, 0.25) is 0 Å². The van der Waals surface area contributed by atoms with Crippen molar-refractivity contribution in [2.45, 2.75) is 50.7 Å². The highest BCUT2D eigenvalue weighted by Gasteiger charge is 2.43. The van der Waals surface area contributed by atoms with Gasteiger partial charge >= 0.3 is 0 Å². The number of benzene rings is 2. The van der Waals surface area contributed by atoms with Gasteiger partial charge in [0.1, 0.15) is 23.3 Å². The van der Waals surface area contributed by atoms with E-state index in [9.17, 15) is 27.2 Å². The Kier molecular flexibility index (Phi) is 7.16. The molecule has 0 unspecified atom stereocenters. The highest BCUT2D eigenvalue weighted by molar-refractivity contribution is 7.90. The number of nitrogens with one attached hydrogen (secondary N) is 1. The van der Waals surface area contributed by atoms with Gasteiger partial charge in [-0.25, -0.2) is 17.1 Å². The lowest BCUT2D eigenvalue weighted by Gasteiger charge is -2.30. The molecule has 33 heavy (non-hydrogen) atoms. The molecule has 2 aromatic rings. The summed E-state index contributed by atoms with van der Waals surface area (Å²) in [6.07, 6.45) is 0.684. The Labute approximate surface area is 192 Å². The van der Waals surface area contributed by atoms with E-state index in [0.29, 0.717) is 16.3 Å². The minimum Gasteiger partial charge on any atom is -0.352 e. The molecule has 0 fully saturated rings. The molecule has 0 radical (unpaired) electrons. The molecule has 2 atom stereocenters. The van der Waals surface area contributed by atoms with Crippen LogP contribution in [0, 0.1) is 5.82 Å². The molecule has 1 aliphatic heterocycles. The molecule has 0 bridgehead atoms. The summed E-state index contributed by atoms with van der Waals surface area (Å²) >= 11 is 0. The van der Waals surface area contributed by atoms with Gasteiger partial charge in [0.05, 0.1) is 5.56 Å². The van der Waals surface area contributed by atoms with Gasteiger partial charge in [-0.15, -0.1) is 0 Å². The Balaban J connectivity index is 1.88. The summed E-state index contributed by atoms with van der Waals surface area (Å²) in [6.45, 7) is 4.43. The SMILES string of the molecule is CC[C@@H](C)NC(=O)[C@H](C)N(Cc1ccc(F)cc1)C(=O)CN1C(=O)c2ccccc2S1(=O)=O. The zero-order valence-corrected chi connectivity index (χ0v) is 19.4. The number of halogens is 1. The van der Waals surface area contributed by atoms with E-state index in [2.05, 4.69) is 5.32 Å². The van der Waals surface area contributed by atoms with Crippen molar-refractivity contribution in [2.24, 2.45) is 0 Å². The van der Waals surface area contributed by atoms with Gasteiger partial charge in [-0.2, -0.15) is 0 Å². The first-order valence-electron chi connectivity index (χ1n) is 10.6. The van der Waals surface area contributed by atoms with Crippen molar-refractivity contribution < 1.29 is 27.2 Å². The lowest BCUT2D eigenvalue weighted by molar-refractivity contribution is -0.140. The smallest absolute Gasteiger partial charge is 0.269 e. The van der Waals surface area contributed by atoms with E-state index >= 15 is 0 Å². The fourth-order valence-corrected chi connectivity index (χ4v) is 4.95. The summed E-state index contributed by atoms with van der Waals surface area (Å²) in [5.74, 6) is -2.39. The first-order valence-corrected chi connectivity index (χ1v) is 12.0. The molecule has 3 amide bonds. The standard InChI is InChI=1S/C23H26FN3O5S/c1-4-15(2)25-22(29)16(3)26(13-17-9-11-18(24)12-10-17)21(28)14-27-23(30)19-7-5-6-8-20(19)33(27,31)32/h5-12,15-16H,4,13-14H2,1-3H3,(H,25,29)/t15-,16+/m1/s1. The largest absolute Gasteiger partial charge is 0.352 e. The van der Waals surface area contributed by atoms with Crippen LogP contribution >= 0.6 is 0 Å². The molecule has 3 rings (SSSR count). The summed E-state index contributed by atoms with van der Waals surface area (Å²) in [6, 6.07) is 10.1. The number of nitrogens with zero attached hydrogens (tertiary/aromatic N) is 2. The second-order valence-corrected chi connectivity index (χ2v) is 9.79. The van der Waals surface area contributed by atoms with Crippen LogP contribution in [0.1, 0.15) is 43.1 Å². The van der Waals surface area contributed by atoms with E-state index < -0.39 is 46.1 Å². The number of hydrogen-bond acceptors (Lipinski definition) is 5. The minimum atomic E-state index is -4.19. The van der Waals surface area contributed by atoms with Gasteiger partial charge in [0, 0.05) is 12.6 Å². The zero-order valence-electron chi connectivity index (χ0n) is 18.6. The van der Waals surface area contributed by atoms with Gasteiger partial charge in [0.25, 0.3) is 15.9 Å². The predicted octanol–water partition coefficient (Wildman–Crippen LogP) is 2.30. The summed E-state index contributed by atoms with van der Waals surface area (Å²) < 4.78 is 39.6. The Morgan fingerprint density at radius 3 is 2.33 bits per heavy atom. The molecule has 0 saturated carbocycles. The van der Waals surface area contributed by atoms with Gasteiger partial charge in [-0.3, -0.25) is 14.4 Å². The number of carbonyl (C=O) groups is 3. The first kappa shape index (κ1) is 24.4. The summed E-state index contributed by atoms with van der Waals surface area (Å²) in [5, 5.41) is 2.80. The second-order valence-electron chi connectivity index (χ2n) is 7.95. The summed E-state index contributed by atoms with van der Waals surface area (Å²) in [5.41, 5.74) is 0.546. The quantitative estimate of drug-likeness (QED) is 0.631. The van der Waals surface area contributed by atoms with Gasteiger partial charge in [-0.1, -0.05) is 31.2 Å². The molecule has 176 valence electrons. The van der Waals surface area contributed by atoms with Crippen molar-refractivity contribution >= 4 is 27.7 Å². The maximum Gasteiger partial charge on any atom is 0.269 e. The maximum absolute atomic E-state index is 13.3. The van der Waals surface area contributed by atoms with E-state index in [1.165, 1.54) is 54.3 Å². The molecule has 1 N–H and O–H groups in total. The average Bonchev–Trinajstić information content (AvgIpc) is 2.98. The van der Waals surface area contributed by atoms with Crippen LogP contribution in [0.3, 0.4) is 0 Å². The van der Waals surface area contributed by atoms with Crippen LogP contribution in [0.25, 0.3) is 0 Å². The van der Waals surface area contributed by atoms with Crippen LogP contribution < -0.4 is 5.32 Å². The monoisotopic (exact) mass is 475 g/mol. The third-order valence-corrected chi connectivity index (χ3v) is 7.41. The normalized spacial score (nSPS) is 16.1. The molecule has 1 heterocycles. The summed E-state index contributed by atoms with van der Waals surface area (Å²) in [4.78, 5) is 39.8. The van der Waals surface area contributed by atoms with E-state index in [1.54, 1.807) is 6.07 Å². The zero-order chi connectivity index (χ0) is 24.3. The van der Waals surface area contributed by atoms with Crippen molar-refractivity contribution in [3.8, 4) is 0 Å². The molecule has 0 spiro atoms. The fraction of sp³-hybridized carbons (Fsp3) is 0.348. The van der Waals surface area contributed by atoms with E-state index in [0.717, 1.165) is 0 Å². The van der Waals surface area contributed by atoms with Gasteiger partial charge in [0.15, 0.2) is 0 Å². The molecule has 2 aromatic carbocycles. The molecular weight excluding hydrogens is 449 g/mol. The third kappa shape index (κ3) is 5.05.